The molecule has 2 bridgehead atoms. The lowest BCUT2D eigenvalue weighted by Gasteiger charge is -2.43. The molecule has 2 nitrogen and oxygen atoms in total. The molecule has 1 aromatic carbocycles. The molecule has 2 aliphatic heterocycles. The third kappa shape index (κ3) is 2.41. The standard InChI is InChI=1S/C16H23FN2/c1-2-16(11-4-3-5-12(17)8-11)19-14-6-7-15(19)10-13(18)9-14/h3-5,8,13-16H,2,6-7,9-10,18H2,1H3. The molecule has 0 radical (unpaired) electrons. The minimum absolute atomic E-state index is 0.128. The second-order valence-electron chi connectivity index (χ2n) is 6.04. The summed E-state index contributed by atoms with van der Waals surface area (Å²) >= 11 is 0. The van der Waals surface area contributed by atoms with Gasteiger partial charge in [-0.1, -0.05) is 19.1 Å². The van der Waals surface area contributed by atoms with E-state index >= 15 is 0 Å². The van der Waals surface area contributed by atoms with Crippen molar-refractivity contribution in [3.63, 3.8) is 0 Å². The van der Waals surface area contributed by atoms with Crippen molar-refractivity contribution in [2.45, 2.75) is 63.2 Å². The predicted octanol–water partition coefficient (Wildman–Crippen LogP) is 3.23. The Bertz CT molecular complexity index is 434. The van der Waals surface area contributed by atoms with Gasteiger partial charge in [0.15, 0.2) is 0 Å². The van der Waals surface area contributed by atoms with E-state index in [1.54, 1.807) is 6.07 Å². The van der Waals surface area contributed by atoms with Crippen molar-refractivity contribution in [1.29, 1.82) is 0 Å². The van der Waals surface area contributed by atoms with Gasteiger partial charge in [0.25, 0.3) is 0 Å². The van der Waals surface area contributed by atoms with Gasteiger partial charge in [-0.25, -0.2) is 4.39 Å². The van der Waals surface area contributed by atoms with Crippen molar-refractivity contribution < 1.29 is 4.39 Å². The molecule has 2 aliphatic rings. The van der Waals surface area contributed by atoms with Gasteiger partial charge in [0.05, 0.1) is 0 Å². The highest BCUT2D eigenvalue weighted by atomic mass is 19.1. The molecule has 3 unspecified atom stereocenters. The van der Waals surface area contributed by atoms with Gasteiger partial charge in [0.1, 0.15) is 5.82 Å². The maximum Gasteiger partial charge on any atom is 0.123 e. The molecule has 2 N–H and O–H groups in total. The Balaban J connectivity index is 1.87. The SMILES string of the molecule is CCC(c1cccc(F)c1)N1C2CCC1CC(N)C2. The second-order valence-corrected chi connectivity index (χ2v) is 6.04. The van der Waals surface area contributed by atoms with Crippen LogP contribution in [0.3, 0.4) is 0 Å². The van der Waals surface area contributed by atoms with Gasteiger partial charge < -0.3 is 5.73 Å². The third-order valence-electron chi connectivity index (χ3n) is 4.81. The fourth-order valence-corrected chi connectivity index (χ4v) is 4.10. The minimum Gasteiger partial charge on any atom is -0.328 e. The Labute approximate surface area is 114 Å². The molecule has 1 aromatic rings. The fraction of sp³-hybridized carbons (Fsp3) is 0.625. The first-order chi connectivity index (χ1) is 9.19. The largest absolute Gasteiger partial charge is 0.328 e. The Morgan fingerprint density at radius 3 is 2.58 bits per heavy atom. The van der Waals surface area contributed by atoms with Gasteiger partial charge in [-0.15, -0.1) is 0 Å². The molecule has 0 saturated carbocycles. The predicted molar refractivity (Wildman–Crippen MR) is 75.3 cm³/mol. The van der Waals surface area contributed by atoms with Crippen LogP contribution < -0.4 is 5.73 Å². The Kier molecular flexibility index (Phi) is 3.59. The van der Waals surface area contributed by atoms with Gasteiger partial charge in [-0.2, -0.15) is 0 Å². The van der Waals surface area contributed by atoms with Gasteiger partial charge >= 0.3 is 0 Å². The van der Waals surface area contributed by atoms with Crippen LogP contribution in [-0.4, -0.2) is 23.0 Å². The molecule has 2 fully saturated rings. The van der Waals surface area contributed by atoms with Crippen molar-refractivity contribution in [3.05, 3.63) is 35.6 Å². The van der Waals surface area contributed by atoms with E-state index in [-0.39, 0.29) is 5.82 Å². The van der Waals surface area contributed by atoms with Crippen LogP contribution in [-0.2, 0) is 0 Å². The number of piperidine rings is 1. The van der Waals surface area contributed by atoms with Crippen LogP contribution in [0.2, 0.25) is 0 Å². The van der Waals surface area contributed by atoms with Crippen molar-refractivity contribution in [1.82, 2.24) is 4.90 Å². The van der Waals surface area contributed by atoms with Gasteiger partial charge in [-0.05, 0) is 49.8 Å². The molecule has 3 rings (SSSR count). The van der Waals surface area contributed by atoms with E-state index in [0.717, 1.165) is 24.8 Å². The molecule has 19 heavy (non-hydrogen) atoms. The lowest BCUT2D eigenvalue weighted by Crippen LogP contribution is -2.48. The maximum absolute atomic E-state index is 13.5. The Morgan fingerprint density at radius 1 is 1.32 bits per heavy atom. The molecule has 2 saturated heterocycles. The molecule has 3 atom stereocenters. The molecule has 0 aromatic heterocycles. The average Bonchev–Trinajstić information content (AvgIpc) is 2.65. The van der Waals surface area contributed by atoms with Gasteiger partial charge in [-0.3, -0.25) is 4.90 Å². The second kappa shape index (κ2) is 5.22. The zero-order valence-corrected chi connectivity index (χ0v) is 11.6. The monoisotopic (exact) mass is 262 g/mol. The van der Waals surface area contributed by atoms with E-state index < -0.39 is 0 Å². The molecule has 104 valence electrons. The van der Waals surface area contributed by atoms with Crippen LogP contribution in [0.1, 0.15) is 50.6 Å². The van der Waals surface area contributed by atoms with Crippen LogP contribution in [0, 0.1) is 5.82 Å². The summed E-state index contributed by atoms with van der Waals surface area (Å²) < 4.78 is 13.5. The summed E-state index contributed by atoms with van der Waals surface area (Å²) in [7, 11) is 0. The Morgan fingerprint density at radius 2 is 2.00 bits per heavy atom. The maximum atomic E-state index is 13.5. The summed E-state index contributed by atoms with van der Waals surface area (Å²) in [5.74, 6) is -0.128. The van der Waals surface area contributed by atoms with E-state index in [2.05, 4.69) is 17.9 Å². The molecular formula is C16H23FN2. The zero-order valence-electron chi connectivity index (χ0n) is 11.6. The highest BCUT2D eigenvalue weighted by Crippen LogP contribution is 2.42. The number of benzene rings is 1. The minimum atomic E-state index is -0.128. The third-order valence-corrected chi connectivity index (χ3v) is 4.81. The van der Waals surface area contributed by atoms with Crippen LogP contribution in [0.15, 0.2) is 24.3 Å². The van der Waals surface area contributed by atoms with Crippen molar-refractivity contribution >= 4 is 0 Å². The number of rotatable bonds is 3. The number of fused-ring (bicyclic) bond motifs is 2. The van der Waals surface area contributed by atoms with Crippen LogP contribution >= 0.6 is 0 Å². The van der Waals surface area contributed by atoms with E-state index in [9.17, 15) is 4.39 Å². The average molecular weight is 262 g/mol. The number of nitrogens with zero attached hydrogens (tertiary/aromatic N) is 1. The van der Waals surface area contributed by atoms with Crippen molar-refractivity contribution in [3.8, 4) is 0 Å². The van der Waals surface area contributed by atoms with E-state index in [1.165, 1.54) is 18.9 Å². The number of hydrogen-bond donors (Lipinski definition) is 1. The lowest BCUT2D eigenvalue weighted by atomic mass is 9.92. The summed E-state index contributed by atoms with van der Waals surface area (Å²) in [4.78, 5) is 2.62. The lowest BCUT2D eigenvalue weighted by molar-refractivity contribution is 0.0744. The summed E-state index contributed by atoms with van der Waals surface area (Å²) in [5.41, 5.74) is 7.26. The van der Waals surface area contributed by atoms with Crippen LogP contribution in [0.25, 0.3) is 0 Å². The molecule has 0 amide bonds. The fourth-order valence-electron chi connectivity index (χ4n) is 4.10. The van der Waals surface area contributed by atoms with Crippen molar-refractivity contribution in [2.24, 2.45) is 5.73 Å². The molecule has 3 heteroatoms. The zero-order chi connectivity index (χ0) is 13.4. The number of hydrogen-bond acceptors (Lipinski definition) is 2. The Hall–Kier alpha value is -0.930. The normalized spacial score (nSPS) is 32.5. The molecular weight excluding hydrogens is 239 g/mol. The first-order valence-corrected chi connectivity index (χ1v) is 7.47. The molecule has 0 aliphatic carbocycles. The quantitative estimate of drug-likeness (QED) is 0.906. The highest BCUT2D eigenvalue weighted by molar-refractivity contribution is 5.21. The highest BCUT2D eigenvalue weighted by Gasteiger charge is 2.42. The van der Waals surface area contributed by atoms with Crippen molar-refractivity contribution in [2.75, 3.05) is 0 Å². The van der Waals surface area contributed by atoms with Crippen LogP contribution in [0.4, 0.5) is 4.39 Å². The number of nitrogens with two attached hydrogens (primary N) is 1. The van der Waals surface area contributed by atoms with E-state index in [1.807, 2.05) is 6.07 Å². The topological polar surface area (TPSA) is 29.3 Å². The molecule has 0 spiro atoms. The first kappa shape index (κ1) is 13.1. The molecule has 2 heterocycles. The van der Waals surface area contributed by atoms with E-state index in [4.69, 9.17) is 5.73 Å². The first-order valence-electron chi connectivity index (χ1n) is 7.47. The van der Waals surface area contributed by atoms with Gasteiger partial charge in [0.2, 0.25) is 0 Å². The summed E-state index contributed by atoms with van der Waals surface area (Å²) in [5, 5.41) is 0. The summed E-state index contributed by atoms with van der Waals surface area (Å²) in [6.07, 6.45) is 5.74. The van der Waals surface area contributed by atoms with Crippen LogP contribution in [0.5, 0.6) is 0 Å². The van der Waals surface area contributed by atoms with Gasteiger partial charge in [0, 0.05) is 24.2 Å². The van der Waals surface area contributed by atoms with E-state index in [0.29, 0.717) is 24.2 Å². The summed E-state index contributed by atoms with van der Waals surface area (Å²) in [6, 6.07) is 9.01. The summed E-state index contributed by atoms with van der Waals surface area (Å²) in [6.45, 7) is 2.20. The number of halogens is 1. The smallest absolute Gasteiger partial charge is 0.123 e.